The summed E-state index contributed by atoms with van der Waals surface area (Å²) in [7, 11) is 1.04. The van der Waals surface area contributed by atoms with Gasteiger partial charge in [-0.25, -0.2) is 0 Å². The van der Waals surface area contributed by atoms with Gasteiger partial charge < -0.3 is 9.13 Å². The predicted molar refractivity (Wildman–Crippen MR) is 160 cm³/mol. The first-order chi connectivity index (χ1) is 16.4. The van der Waals surface area contributed by atoms with Crippen molar-refractivity contribution in [3.8, 4) is 0 Å². The minimum Gasteiger partial charge on any atom is -0.322 e. The number of benzene rings is 2. The topological polar surface area (TPSA) is 31.2 Å². The fourth-order valence-electron chi connectivity index (χ4n) is 3.47. The van der Waals surface area contributed by atoms with Crippen LogP contribution in [0.2, 0.25) is 0 Å². The second kappa shape index (κ2) is 11.5. The minimum atomic E-state index is -0.186. The number of hydrogen-bond acceptors (Lipinski definition) is 2. The third-order valence-electron chi connectivity index (χ3n) is 4.99. The van der Waals surface area contributed by atoms with Crippen LogP contribution in [0.5, 0.6) is 0 Å². The zero-order valence-corrected chi connectivity index (χ0v) is 26.6. The zero-order valence-electron chi connectivity index (χ0n) is 24.6. The molecule has 0 amide bonds. The van der Waals surface area contributed by atoms with Crippen LogP contribution in [0, 0.1) is 0 Å². The summed E-state index contributed by atoms with van der Waals surface area (Å²) >= 11 is 0. The Bertz CT molecular complexity index is 1030. The molecule has 194 valence electrons. The number of rotatable bonds is 2. The average Bonchev–Trinajstić information content (AvgIpc) is 2.72. The molecule has 0 bridgehead atoms. The van der Waals surface area contributed by atoms with E-state index >= 15 is 0 Å². The van der Waals surface area contributed by atoms with Gasteiger partial charge in [-0.3, -0.25) is 9.98 Å². The Morgan fingerprint density at radius 1 is 0.500 bits per heavy atom. The van der Waals surface area contributed by atoms with Crippen LogP contribution in [0.1, 0.15) is 94.2 Å². The van der Waals surface area contributed by atoms with Gasteiger partial charge in [0, 0.05) is 22.2 Å². The maximum absolute atomic E-state index is 5.25. The van der Waals surface area contributed by atoms with E-state index in [2.05, 4.69) is 153 Å². The lowest BCUT2D eigenvalue weighted by atomic mass is 10.1. The highest BCUT2D eigenvalue weighted by molar-refractivity contribution is 6.62. The van der Waals surface area contributed by atoms with Crippen molar-refractivity contribution in [2.45, 2.75) is 105 Å². The Hall–Kier alpha value is -2.19. The summed E-state index contributed by atoms with van der Waals surface area (Å²) < 4.78 is 5.01. The Kier molecular flexibility index (Phi) is 9.57. The quantitative estimate of drug-likeness (QED) is 0.248. The van der Waals surface area contributed by atoms with E-state index in [0.717, 1.165) is 22.8 Å². The SMILES string of the molecule is CC(C)(C)N=C(c1ccccc1)N([Si]#[Si]N(C(=NC(C)(C)C)c1ccccc1)C(C)(C)C)C(C)(C)C. The van der Waals surface area contributed by atoms with E-state index in [-0.39, 0.29) is 22.2 Å². The number of nitrogens with zero attached hydrogens (tertiary/aromatic N) is 4. The zero-order chi connectivity index (χ0) is 27.4. The monoisotopic (exact) mass is 518 g/mol. The van der Waals surface area contributed by atoms with Gasteiger partial charge >= 0.3 is 0 Å². The molecule has 0 fully saturated rings. The fourth-order valence-corrected chi connectivity index (χ4v) is 8.16. The van der Waals surface area contributed by atoms with Crippen molar-refractivity contribution in [1.29, 1.82) is 0 Å². The molecule has 2 aromatic rings. The van der Waals surface area contributed by atoms with Crippen molar-refractivity contribution in [2.24, 2.45) is 9.98 Å². The molecule has 0 unspecified atom stereocenters. The number of hydrogen-bond donors (Lipinski definition) is 0. The lowest BCUT2D eigenvalue weighted by Gasteiger charge is -2.38. The van der Waals surface area contributed by atoms with Crippen molar-refractivity contribution in [1.82, 2.24) is 9.13 Å². The molecule has 0 aliphatic heterocycles. The maximum atomic E-state index is 5.25. The normalized spacial score (nSPS) is 13.7. The van der Waals surface area contributed by atoms with Gasteiger partial charge in [0.25, 0.3) is 0 Å². The molecule has 0 atom stereocenters. The molecular formula is C30H46N4Si2. The van der Waals surface area contributed by atoms with Crippen LogP contribution in [0.15, 0.2) is 70.6 Å². The largest absolute Gasteiger partial charge is 0.322 e. The van der Waals surface area contributed by atoms with Crippen molar-refractivity contribution in [3.05, 3.63) is 71.8 Å². The van der Waals surface area contributed by atoms with Crippen LogP contribution in [-0.4, -0.2) is 60.1 Å². The molecule has 0 N–H and O–H groups in total. The molecule has 36 heavy (non-hydrogen) atoms. The second-order valence-corrected chi connectivity index (χ2v) is 15.9. The van der Waals surface area contributed by atoms with Gasteiger partial charge in [-0.2, -0.15) is 0 Å². The molecule has 0 saturated carbocycles. The van der Waals surface area contributed by atoms with Gasteiger partial charge in [0.15, 0.2) is 0 Å². The molecule has 0 heterocycles. The van der Waals surface area contributed by atoms with Gasteiger partial charge in [-0.15, -0.1) is 0 Å². The van der Waals surface area contributed by atoms with Gasteiger partial charge in [-0.1, -0.05) is 60.7 Å². The highest BCUT2D eigenvalue weighted by Crippen LogP contribution is 2.21. The molecule has 2 aromatic carbocycles. The molecular weight excluding hydrogens is 473 g/mol. The summed E-state index contributed by atoms with van der Waals surface area (Å²) in [5, 5.41) is 0. The highest BCUT2D eigenvalue weighted by Gasteiger charge is 2.29. The number of amidine groups is 2. The molecule has 0 aliphatic carbocycles. The first-order valence-electron chi connectivity index (χ1n) is 12.8. The third-order valence-corrected chi connectivity index (χ3v) is 8.94. The fraction of sp³-hybridized carbons (Fsp3) is 0.533. The predicted octanol–water partition coefficient (Wildman–Crippen LogP) is 6.83. The molecule has 4 nitrogen and oxygen atoms in total. The van der Waals surface area contributed by atoms with Gasteiger partial charge in [-0.05, 0) is 83.1 Å². The third kappa shape index (κ3) is 9.36. The van der Waals surface area contributed by atoms with E-state index in [1.165, 1.54) is 0 Å². The van der Waals surface area contributed by atoms with E-state index in [4.69, 9.17) is 9.98 Å². The summed E-state index contributed by atoms with van der Waals surface area (Å²) in [6.07, 6.45) is 0. The van der Waals surface area contributed by atoms with Crippen LogP contribution in [-0.2, 0) is 0 Å². The number of aliphatic imine (C=N–C) groups is 2. The Morgan fingerprint density at radius 3 is 1.00 bits per heavy atom. The summed E-state index contributed by atoms with van der Waals surface area (Å²) in [5.41, 5.74) is 1.76. The average molecular weight is 519 g/mol. The summed E-state index contributed by atoms with van der Waals surface area (Å²) in [5.74, 6) is 2.12. The van der Waals surface area contributed by atoms with E-state index in [1.807, 2.05) is 0 Å². The Balaban J connectivity index is 2.79. The first kappa shape index (κ1) is 30.0. The van der Waals surface area contributed by atoms with Crippen LogP contribution in [0.4, 0.5) is 0 Å². The summed E-state index contributed by atoms with van der Waals surface area (Å²) in [6.45, 7) is 26.8. The van der Waals surface area contributed by atoms with Crippen LogP contribution >= 0.6 is 0 Å². The molecule has 6 heteroatoms. The summed E-state index contributed by atoms with van der Waals surface area (Å²) in [6, 6.07) is 21.2. The first-order valence-corrected chi connectivity index (χ1v) is 15.7. The van der Waals surface area contributed by atoms with Gasteiger partial charge in [0.05, 0.1) is 11.1 Å². The maximum Gasteiger partial charge on any atom is 0.134 e. The molecule has 0 spiro atoms. The van der Waals surface area contributed by atoms with Crippen molar-refractivity contribution < 1.29 is 0 Å². The summed E-state index contributed by atoms with van der Waals surface area (Å²) in [4.78, 5) is 10.5. The van der Waals surface area contributed by atoms with E-state index in [1.54, 1.807) is 0 Å². The Morgan fingerprint density at radius 2 is 0.778 bits per heavy atom. The minimum absolute atomic E-state index is 0.0942. The Labute approximate surface area is 224 Å². The molecule has 0 saturated heterocycles. The van der Waals surface area contributed by atoms with Crippen molar-refractivity contribution in [2.75, 3.05) is 0 Å². The van der Waals surface area contributed by atoms with Crippen molar-refractivity contribution >= 4 is 28.8 Å². The van der Waals surface area contributed by atoms with Crippen LogP contribution in [0.25, 0.3) is 0 Å². The molecule has 2 rings (SSSR count). The van der Waals surface area contributed by atoms with Crippen LogP contribution in [0.3, 0.4) is 0 Å². The van der Waals surface area contributed by atoms with Gasteiger partial charge in [0.2, 0.25) is 0 Å². The highest BCUT2D eigenvalue weighted by atomic mass is 28.7. The lowest BCUT2D eigenvalue weighted by Crippen LogP contribution is -2.50. The molecule has 0 radical (unpaired) electrons. The van der Waals surface area contributed by atoms with E-state index in [0.29, 0.717) is 17.2 Å². The molecule has 0 aliphatic rings. The van der Waals surface area contributed by atoms with Crippen LogP contribution < -0.4 is 0 Å². The second-order valence-electron chi connectivity index (χ2n) is 13.2. The van der Waals surface area contributed by atoms with Gasteiger partial charge in [0.1, 0.15) is 28.8 Å². The molecule has 0 aromatic heterocycles. The van der Waals surface area contributed by atoms with E-state index < -0.39 is 0 Å². The van der Waals surface area contributed by atoms with Crippen molar-refractivity contribution in [3.63, 3.8) is 0 Å². The lowest BCUT2D eigenvalue weighted by molar-refractivity contribution is 0.354. The van der Waals surface area contributed by atoms with E-state index in [9.17, 15) is 0 Å². The smallest absolute Gasteiger partial charge is 0.134 e. The standard InChI is InChI=1S/C30H46N4Si2/c1-27(2,3)31-25(23-19-15-13-16-20-23)33(29(7,8)9)35-36-34(30(10,11)12)26(32-28(4,5)6)24-21-17-14-18-22-24/h13-22H,1-12H3.